The summed E-state index contributed by atoms with van der Waals surface area (Å²) in [5, 5.41) is 18.8. The van der Waals surface area contributed by atoms with Crippen LogP contribution in [0.15, 0.2) is 29.0 Å². The number of aliphatic hydroxyl groups is 1. The molecule has 4 heterocycles. The molecule has 0 spiro atoms. The van der Waals surface area contributed by atoms with Crippen molar-refractivity contribution in [2.75, 3.05) is 39.4 Å². The van der Waals surface area contributed by atoms with Gasteiger partial charge in [-0.25, -0.2) is 4.68 Å². The van der Waals surface area contributed by atoms with Gasteiger partial charge in [0.2, 0.25) is 0 Å². The van der Waals surface area contributed by atoms with Gasteiger partial charge in [0.15, 0.2) is 11.5 Å². The predicted molar refractivity (Wildman–Crippen MR) is 95.5 cm³/mol. The van der Waals surface area contributed by atoms with Crippen molar-refractivity contribution >= 4 is 11.8 Å². The number of piperidine rings is 1. The second kappa shape index (κ2) is 7.72. The SMILES string of the molecule is O=C(c1cn(CC2(O)CCN(C(=O)c3ccco3)CC2)nn1)N1CCOCC1. The van der Waals surface area contributed by atoms with Gasteiger partial charge >= 0.3 is 0 Å². The van der Waals surface area contributed by atoms with Gasteiger partial charge in [0.1, 0.15) is 0 Å². The summed E-state index contributed by atoms with van der Waals surface area (Å²) in [4.78, 5) is 28.1. The smallest absolute Gasteiger partial charge is 0.289 e. The van der Waals surface area contributed by atoms with E-state index in [1.165, 1.54) is 10.9 Å². The number of furan rings is 1. The van der Waals surface area contributed by atoms with E-state index in [0.29, 0.717) is 58.0 Å². The van der Waals surface area contributed by atoms with Gasteiger partial charge in [0, 0.05) is 26.2 Å². The van der Waals surface area contributed by atoms with E-state index in [4.69, 9.17) is 9.15 Å². The second-order valence-corrected chi connectivity index (χ2v) is 7.20. The van der Waals surface area contributed by atoms with Crippen LogP contribution >= 0.6 is 0 Å². The van der Waals surface area contributed by atoms with Crippen LogP contribution in [-0.2, 0) is 11.3 Å². The summed E-state index contributed by atoms with van der Waals surface area (Å²) in [5.74, 6) is -0.0559. The maximum atomic E-state index is 12.5. The molecule has 0 aromatic carbocycles. The minimum atomic E-state index is -1.01. The molecule has 0 unspecified atom stereocenters. The number of amides is 2. The Morgan fingerprint density at radius 2 is 1.82 bits per heavy atom. The molecule has 4 rings (SSSR count). The van der Waals surface area contributed by atoms with E-state index in [1.807, 2.05) is 0 Å². The van der Waals surface area contributed by atoms with Crippen LogP contribution < -0.4 is 0 Å². The van der Waals surface area contributed by atoms with E-state index in [0.717, 1.165) is 0 Å². The number of hydrogen-bond donors (Lipinski definition) is 1. The third-order valence-corrected chi connectivity index (χ3v) is 5.23. The molecule has 2 aliphatic rings. The maximum Gasteiger partial charge on any atom is 0.289 e. The van der Waals surface area contributed by atoms with Gasteiger partial charge in [-0.15, -0.1) is 5.10 Å². The van der Waals surface area contributed by atoms with E-state index in [2.05, 4.69) is 10.3 Å². The molecule has 28 heavy (non-hydrogen) atoms. The molecule has 0 atom stereocenters. The Bertz CT molecular complexity index is 819. The van der Waals surface area contributed by atoms with Crippen molar-refractivity contribution in [1.82, 2.24) is 24.8 Å². The van der Waals surface area contributed by atoms with Crippen molar-refractivity contribution in [3.8, 4) is 0 Å². The third-order valence-electron chi connectivity index (χ3n) is 5.23. The van der Waals surface area contributed by atoms with Gasteiger partial charge in [-0.1, -0.05) is 5.21 Å². The minimum absolute atomic E-state index is 0.175. The first kappa shape index (κ1) is 18.6. The Labute approximate surface area is 161 Å². The fraction of sp³-hybridized carbons (Fsp3) is 0.556. The van der Waals surface area contributed by atoms with Crippen molar-refractivity contribution in [2.24, 2.45) is 0 Å². The van der Waals surface area contributed by atoms with Crippen molar-refractivity contribution in [1.29, 1.82) is 0 Å². The van der Waals surface area contributed by atoms with Crippen LogP contribution in [0.25, 0.3) is 0 Å². The number of carbonyl (C=O) groups excluding carboxylic acids is 2. The highest BCUT2D eigenvalue weighted by atomic mass is 16.5. The largest absolute Gasteiger partial charge is 0.459 e. The molecule has 0 saturated carbocycles. The van der Waals surface area contributed by atoms with Gasteiger partial charge in [-0.05, 0) is 25.0 Å². The van der Waals surface area contributed by atoms with Crippen LogP contribution in [0.2, 0.25) is 0 Å². The molecule has 0 aliphatic carbocycles. The van der Waals surface area contributed by atoms with Gasteiger partial charge in [0.25, 0.3) is 11.8 Å². The van der Waals surface area contributed by atoms with Crippen LogP contribution in [0.4, 0.5) is 0 Å². The van der Waals surface area contributed by atoms with Crippen LogP contribution in [0.1, 0.15) is 33.9 Å². The first-order valence-electron chi connectivity index (χ1n) is 9.36. The first-order valence-corrected chi connectivity index (χ1v) is 9.36. The monoisotopic (exact) mass is 389 g/mol. The van der Waals surface area contributed by atoms with Crippen LogP contribution in [-0.4, -0.2) is 86.7 Å². The zero-order valence-electron chi connectivity index (χ0n) is 15.5. The zero-order valence-corrected chi connectivity index (χ0v) is 15.5. The van der Waals surface area contributed by atoms with E-state index in [9.17, 15) is 14.7 Å². The quantitative estimate of drug-likeness (QED) is 0.783. The minimum Gasteiger partial charge on any atom is -0.459 e. The highest BCUT2D eigenvalue weighted by Gasteiger charge is 2.35. The Morgan fingerprint density at radius 1 is 1.11 bits per heavy atom. The molecular formula is C18H23N5O5. The lowest BCUT2D eigenvalue weighted by molar-refractivity contribution is -0.0323. The number of ether oxygens (including phenoxy) is 1. The van der Waals surface area contributed by atoms with Gasteiger partial charge < -0.3 is 24.1 Å². The average Bonchev–Trinajstić information content (AvgIpc) is 3.40. The summed E-state index contributed by atoms with van der Waals surface area (Å²) >= 11 is 0. The predicted octanol–water partition coefficient (Wildman–Crippen LogP) is 0.0108. The zero-order chi connectivity index (χ0) is 19.6. The molecule has 0 radical (unpaired) electrons. The van der Waals surface area contributed by atoms with Gasteiger partial charge in [-0.3, -0.25) is 9.59 Å². The molecule has 2 fully saturated rings. The summed E-state index contributed by atoms with van der Waals surface area (Å²) in [7, 11) is 0. The lowest BCUT2D eigenvalue weighted by atomic mass is 9.91. The average molecular weight is 389 g/mol. The van der Waals surface area contributed by atoms with E-state index in [1.54, 1.807) is 28.1 Å². The van der Waals surface area contributed by atoms with E-state index < -0.39 is 5.60 Å². The van der Waals surface area contributed by atoms with E-state index >= 15 is 0 Å². The number of morpholine rings is 1. The number of rotatable bonds is 4. The highest BCUT2D eigenvalue weighted by molar-refractivity contribution is 5.92. The maximum absolute atomic E-state index is 12.5. The van der Waals surface area contributed by atoms with Crippen LogP contribution in [0.5, 0.6) is 0 Å². The van der Waals surface area contributed by atoms with Crippen molar-refractivity contribution < 1.29 is 23.8 Å². The summed E-state index contributed by atoms with van der Waals surface area (Å²) in [5.41, 5.74) is -0.747. The Kier molecular flexibility index (Phi) is 5.14. The molecule has 1 N–H and O–H groups in total. The molecule has 2 amide bonds. The van der Waals surface area contributed by atoms with E-state index in [-0.39, 0.29) is 24.1 Å². The highest BCUT2D eigenvalue weighted by Crippen LogP contribution is 2.25. The fourth-order valence-corrected chi connectivity index (χ4v) is 3.54. The van der Waals surface area contributed by atoms with Gasteiger partial charge in [0.05, 0.1) is 37.8 Å². The lowest BCUT2D eigenvalue weighted by Gasteiger charge is -2.37. The third kappa shape index (κ3) is 3.92. The Morgan fingerprint density at radius 3 is 2.50 bits per heavy atom. The Hall–Kier alpha value is -2.72. The molecule has 2 saturated heterocycles. The summed E-state index contributed by atoms with van der Waals surface area (Å²) < 4.78 is 11.9. The summed E-state index contributed by atoms with van der Waals surface area (Å²) in [6, 6.07) is 3.31. The van der Waals surface area contributed by atoms with Crippen LogP contribution in [0, 0.1) is 0 Å². The molecular weight excluding hydrogens is 366 g/mol. The molecule has 10 nitrogen and oxygen atoms in total. The lowest BCUT2D eigenvalue weighted by Crippen LogP contribution is -2.48. The molecule has 150 valence electrons. The molecule has 10 heteroatoms. The summed E-state index contributed by atoms with van der Waals surface area (Å²) in [6.45, 7) is 3.18. The number of likely N-dealkylation sites (tertiary alicyclic amines) is 1. The van der Waals surface area contributed by atoms with Crippen LogP contribution in [0.3, 0.4) is 0 Å². The standard InChI is InChI=1S/C18H23N5O5/c24-16(22-7-10-27-11-8-22)14-12-23(20-19-14)13-18(26)3-5-21(6-4-18)17(25)15-2-1-9-28-15/h1-2,9,12,26H,3-8,10-11,13H2. The van der Waals surface area contributed by atoms with Crippen molar-refractivity contribution in [2.45, 2.75) is 25.0 Å². The number of carbonyl (C=O) groups is 2. The van der Waals surface area contributed by atoms with Crippen molar-refractivity contribution in [3.63, 3.8) is 0 Å². The normalized spacial score (nSPS) is 19.6. The second-order valence-electron chi connectivity index (χ2n) is 7.20. The fourth-order valence-electron chi connectivity index (χ4n) is 3.54. The number of aromatic nitrogens is 3. The topological polar surface area (TPSA) is 114 Å². The molecule has 0 bridgehead atoms. The van der Waals surface area contributed by atoms with Gasteiger partial charge in [-0.2, -0.15) is 0 Å². The first-order chi connectivity index (χ1) is 13.5. The molecule has 2 aliphatic heterocycles. The molecule has 2 aromatic rings. The van der Waals surface area contributed by atoms with Crippen molar-refractivity contribution in [3.05, 3.63) is 36.0 Å². The number of nitrogens with zero attached hydrogens (tertiary/aromatic N) is 5. The number of hydrogen-bond acceptors (Lipinski definition) is 7. The Balaban J connectivity index is 1.34. The molecule has 2 aromatic heterocycles. The summed E-state index contributed by atoms with van der Waals surface area (Å²) in [6.07, 6.45) is 3.85.